The molecular weight excluding hydrogens is 896 g/mol. The molecule has 0 spiro atoms. The van der Waals surface area contributed by atoms with E-state index in [1.807, 2.05) is 36.4 Å². The Morgan fingerprint density at radius 3 is 0.900 bits per heavy atom. The second-order valence-electron chi connectivity index (χ2n) is 12.7. The van der Waals surface area contributed by atoms with Crippen LogP contribution in [0, 0.1) is 0 Å². The summed E-state index contributed by atoms with van der Waals surface area (Å²) < 4.78 is 62.8. The third-order valence-electron chi connectivity index (χ3n) is 8.81. The molecule has 1 aliphatic rings. The van der Waals surface area contributed by atoms with E-state index < -0.39 is 23.1 Å². The summed E-state index contributed by atoms with van der Waals surface area (Å²) in [5, 5.41) is 6.73. The Morgan fingerprint density at radius 2 is 0.683 bits per heavy atom. The zero-order chi connectivity index (χ0) is 42.0. The zero-order valence-electron chi connectivity index (χ0n) is 33.7. The molecule has 0 amide bonds. The van der Waals surface area contributed by atoms with Gasteiger partial charge in [-0.3, -0.25) is 0 Å². The molecule has 4 aromatic carbocycles. The SMILES string of the molecule is C1=C\CC/C=C\CC/1.COc1cc(P(c2ccccc2)c2ccccc2)c(-c2c(P(c3ccccc3)c3ccccc3)cc(OC)nc2OC)c(OC)n1.F[B-](F)(F)F.[Rh]. The van der Waals surface area contributed by atoms with Gasteiger partial charge in [-0.2, -0.15) is 9.97 Å². The molecule has 315 valence electrons. The summed E-state index contributed by atoms with van der Waals surface area (Å²) >= 11 is 0. The largest absolute Gasteiger partial charge is 0.673 e. The van der Waals surface area contributed by atoms with Gasteiger partial charge in [-0.15, -0.1) is 0 Å². The number of allylic oxidation sites excluding steroid dienone is 4. The van der Waals surface area contributed by atoms with E-state index in [9.17, 15) is 17.3 Å². The predicted molar refractivity (Wildman–Crippen MR) is 238 cm³/mol. The van der Waals surface area contributed by atoms with Gasteiger partial charge in [-0.05, 0) is 62.7 Å². The fraction of sp³-hybridized carbons (Fsp3) is 0.174. The van der Waals surface area contributed by atoms with Gasteiger partial charge in [0.15, 0.2) is 0 Å². The molecule has 0 saturated heterocycles. The van der Waals surface area contributed by atoms with Gasteiger partial charge in [-0.25, -0.2) is 0 Å². The van der Waals surface area contributed by atoms with Gasteiger partial charge in [-0.1, -0.05) is 146 Å². The minimum absolute atomic E-state index is 0. The van der Waals surface area contributed by atoms with Crippen LogP contribution in [0.3, 0.4) is 0 Å². The number of nitrogens with zero attached hydrogens (tertiary/aromatic N) is 2. The van der Waals surface area contributed by atoms with Crippen molar-refractivity contribution in [1.29, 1.82) is 0 Å². The molecule has 0 aliphatic heterocycles. The van der Waals surface area contributed by atoms with Crippen LogP contribution in [0.1, 0.15) is 25.7 Å². The summed E-state index contributed by atoms with van der Waals surface area (Å²) in [6.45, 7) is 0. The van der Waals surface area contributed by atoms with E-state index in [1.54, 1.807) is 28.4 Å². The predicted octanol–water partition coefficient (Wildman–Crippen LogP) is 9.66. The van der Waals surface area contributed by atoms with Crippen LogP contribution >= 0.6 is 15.8 Å². The van der Waals surface area contributed by atoms with Crippen LogP contribution in [0.15, 0.2) is 158 Å². The van der Waals surface area contributed by atoms with Crippen molar-refractivity contribution in [2.75, 3.05) is 28.4 Å². The number of hydrogen-bond donors (Lipinski definition) is 0. The Bertz CT molecular complexity index is 2010. The van der Waals surface area contributed by atoms with Crippen LogP contribution in [0.4, 0.5) is 17.3 Å². The number of hydrogen-bond acceptors (Lipinski definition) is 6. The Balaban J connectivity index is 0.000000488. The van der Waals surface area contributed by atoms with Crippen LogP contribution in [0.2, 0.25) is 0 Å². The minimum atomic E-state index is -6.00. The first kappa shape index (κ1) is 47.8. The van der Waals surface area contributed by atoms with Crippen molar-refractivity contribution in [2.45, 2.75) is 25.7 Å². The first-order valence-corrected chi connectivity index (χ1v) is 21.6. The maximum atomic E-state index is 9.75. The second kappa shape index (κ2) is 24.4. The molecule has 0 N–H and O–H groups in total. The topological polar surface area (TPSA) is 62.7 Å². The van der Waals surface area contributed by atoms with Gasteiger partial charge in [0.25, 0.3) is 0 Å². The summed E-state index contributed by atoms with van der Waals surface area (Å²) in [5.41, 5.74) is 1.62. The molecule has 0 unspecified atom stereocenters. The first-order valence-electron chi connectivity index (χ1n) is 18.9. The molecule has 7 rings (SSSR count). The van der Waals surface area contributed by atoms with E-state index >= 15 is 0 Å². The summed E-state index contributed by atoms with van der Waals surface area (Å²) in [6, 6.07) is 46.2. The van der Waals surface area contributed by atoms with Crippen LogP contribution in [-0.2, 0) is 19.5 Å². The number of benzene rings is 4. The quantitative estimate of drug-likeness (QED) is 0.0559. The third-order valence-corrected chi connectivity index (χ3v) is 13.7. The normalized spacial score (nSPS) is 13.2. The van der Waals surface area contributed by atoms with E-state index in [1.165, 1.54) is 46.9 Å². The number of aromatic nitrogens is 2. The van der Waals surface area contributed by atoms with Crippen molar-refractivity contribution in [3.63, 3.8) is 0 Å². The molecule has 0 fully saturated rings. The molecular formula is C46H46BF4N2O4P2Rh-. The van der Waals surface area contributed by atoms with Gasteiger partial charge < -0.3 is 36.2 Å². The van der Waals surface area contributed by atoms with Crippen LogP contribution in [0.5, 0.6) is 23.5 Å². The molecule has 0 bridgehead atoms. The first-order chi connectivity index (χ1) is 28.7. The molecule has 14 heteroatoms. The summed E-state index contributed by atoms with van der Waals surface area (Å²) in [5.74, 6) is 1.78. The van der Waals surface area contributed by atoms with Gasteiger partial charge >= 0.3 is 7.25 Å². The average molecular weight is 943 g/mol. The minimum Gasteiger partial charge on any atom is -0.481 e. The van der Waals surface area contributed by atoms with Crippen molar-refractivity contribution in [1.82, 2.24) is 9.97 Å². The third kappa shape index (κ3) is 13.6. The molecule has 1 aliphatic carbocycles. The van der Waals surface area contributed by atoms with Crippen molar-refractivity contribution in [3.05, 3.63) is 158 Å². The smallest absolute Gasteiger partial charge is 0.481 e. The molecule has 0 saturated carbocycles. The Hall–Kier alpha value is -4.87. The summed E-state index contributed by atoms with van der Waals surface area (Å²) in [4.78, 5) is 9.68. The zero-order valence-corrected chi connectivity index (χ0v) is 37.1. The van der Waals surface area contributed by atoms with E-state index in [4.69, 9.17) is 28.9 Å². The summed E-state index contributed by atoms with van der Waals surface area (Å²) in [7, 11) is -1.68. The van der Waals surface area contributed by atoms with E-state index in [0.717, 1.165) is 21.7 Å². The molecule has 6 aromatic rings. The Morgan fingerprint density at radius 1 is 0.433 bits per heavy atom. The van der Waals surface area contributed by atoms with Crippen LogP contribution < -0.4 is 50.8 Å². The van der Waals surface area contributed by atoms with Gasteiger partial charge in [0.1, 0.15) is 0 Å². The van der Waals surface area contributed by atoms with Crippen LogP contribution in [-0.4, -0.2) is 45.7 Å². The van der Waals surface area contributed by atoms with Crippen molar-refractivity contribution < 1.29 is 55.7 Å². The van der Waals surface area contributed by atoms with Crippen molar-refractivity contribution >= 4 is 54.9 Å². The maximum absolute atomic E-state index is 9.75. The molecule has 2 heterocycles. The van der Waals surface area contributed by atoms with Crippen molar-refractivity contribution in [2.24, 2.45) is 0 Å². The maximum Gasteiger partial charge on any atom is 0.673 e. The fourth-order valence-corrected chi connectivity index (χ4v) is 11.3. The fourth-order valence-electron chi connectivity index (χ4n) is 6.32. The monoisotopic (exact) mass is 942 g/mol. The molecule has 60 heavy (non-hydrogen) atoms. The summed E-state index contributed by atoms with van der Waals surface area (Å²) in [6.07, 6.45) is 14.0. The molecule has 0 atom stereocenters. The number of pyridine rings is 2. The molecule has 6 nitrogen and oxygen atoms in total. The Labute approximate surface area is 365 Å². The van der Waals surface area contributed by atoms with E-state index in [0.29, 0.717) is 23.5 Å². The number of ether oxygens (including phenoxy) is 4. The average Bonchev–Trinajstić information content (AvgIpc) is 3.24. The number of methoxy groups -OCH3 is 4. The Kier molecular flexibility index (Phi) is 19.4. The number of halogens is 4. The molecule has 2 aromatic heterocycles. The van der Waals surface area contributed by atoms with E-state index in [-0.39, 0.29) is 19.5 Å². The second-order valence-corrected chi connectivity index (χ2v) is 17.1. The molecule has 1 radical (unpaired) electrons. The van der Waals surface area contributed by atoms with Gasteiger partial charge in [0, 0.05) is 42.2 Å². The standard InChI is InChI=1S/C38H34N2O4P2.C8H12.BF4.Rh/c1-41-33-25-31(45(27-17-9-5-10-18-27)28-19-11-6-12-20-28)35(37(39-33)43-3)36-32(26-34(42-2)40-38(36)44-4)46(29-21-13-7-14-22-29)30-23-15-8-16-24-30;1-2-4-6-8-7-5-3-1;2-1(3,4)5;/h5-26H,1-4H3;1-2,7-8H,3-6H2;;/q;;-1;/b;2-1-,8-7-;;. The number of rotatable bonds is 11. The van der Waals surface area contributed by atoms with Crippen molar-refractivity contribution in [3.8, 4) is 34.6 Å². The van der Waals surface area contributed by atoms with Crippen LogP contribution in [0.25, 0.3) is 11.1 Å². The van der Waals surface area contributed by atoms with E-state index in [2.05, 4.69) is 121 Å². The van der Waals surface area contributed by atoms with Gasteiger partial charge in [0.05, 0.1) is 39.6 Å². The van der Waals surface area contributed by atoms with Gasteiger partial charge in [0.2, 0.25) is 23.5 Å².